The maximum Gasteiger partial charge on any atom is 0.0662 e. The summed E-state index contributed by atoms with van der Waals surface area (Å²) in [5.41, 5.74) is 2.53. The van der Waals surface area contributed by atoms with Crippen molar-refractivity contribution in [1.82, 2.24) is 10.2 Å². The lowest BCUT2D eigenvalue weighted by Crippen LogP contribution is -2.17. The van der Waals surface area contributed by atoms with Gasteiger partial charge in [0.15, 0.2) is 0 Å². The van der Waals surface area contributed by atoms with Crippen LogP contribution < -0.4 is 0 Å². The maximum atomic E-state index is 4.70. The van der Waals surface area contributed by atoms with Gasteiger partial charge in [-0.3, -0.25) is 0 Å². The van der Waals surface area contributed by atoms with Gasteiger partial charge in [0.25, 0.3) is 0 Å². The van der Waals surface area contributed by atoms with E-state index in [0.717, 1.165) is 11.8 Å². The van der Waals surface area contributed by atoms with Gasteiger partial charge in [-0.15, -0.1) is 0 Å². The van der Waals surface area contributed by atoms with Gasteiger partial charge in [0.05, 0.1) is 11.4 Å². The van der Waals surface area contributed by atoms with Crippen molar-refractivity contribution in [1.29, 1.82) is 0 Å². The largest absolute Gasteiger partial charge is 0.155 e. The van der Waals surface area contributed by atoms with Gasteiger partial charge < -0.3 is 0 Å². The zero-order valence-electron chi connectivity index (χ0n) is 18.0. The van der Waals surface area contributed by atoms with Crippen molar-refractivity contribution < 1.29 is 0 Å². The van der Waals surface area contributed by atoms with Gasteiger partial charge in [-0.05, 0) is 75.3 Å². The standard InChI is InChI=1S/C25H42N2/c1-3-5-7-9-21-12-16-23(17-13-21)25-19-18-24(26-27-25)22-14-10-20(11-15-22)8-6-4-2/h18-23H,3-17H2,1-2H3. The van der Waals surface area contributed by atoms with Crippen molar-refractivity contribution >= 4 is 0 Å². The first kappa shape index (κ1) is 20.8. The summed E-state index contributed by atoms with van der Waals surface area (Å²) >= 11 is 0. The van der Waals surface area contributed by atoms with Gasteiger partial charge in [-0.1, -0.05) is 58.8 Å². The third-order valence-corrected chi connectivity index (χ3v) is 7.42. The van der Waals surface area contributed by atoms with Crippen molar-refractivity contribution in [2.75, 3.05) is 0 Å². The number of nitrogens with zero attached hydrogens (tertiary/aromatic N) is 2. The lowest BCUT2D eigenvalue weighted by atomic mass is 9.77. The molecule has 1 aromatic heterocycles. The monoisotopic (exact) mass is 370 g/mol. The molecule has 152 valence electrons. The van der Waals surface area contributed by atoms with Gasteiger partial charge in [0.1, 0.15) is 0 Å². The summed E-state index contributed by atoms with van der Waals surface area (Å²) in [4.78, 5) is 0. The fourth-order valence-corrected chi connectivity index (χ4v) is 5.46. The molecule has 2 nitrogen and oxygen atoms in total. The van der Waals surface area contributed by atoms with Crippen LogP contribution in [0.2, 0.25) is 0 Å². The van der Waals surface area contributed by atoms with E-state index in [1.54, 1.807) is 0 Å². The number of unbranched alkanes of at least 4 members (excludes halogenated alkanes) is 3. The topological polar surface area (TPSA) is 25.8 Å². The van der Waals surface area contributed by atoms with E-state index in [1.165, 1.54) is 108 Å². The van der Waals surface area contributed by atoms with Crippen molar-refractivity contribution in [2.45, 2.75) is 122 Å². The molecule has 2 aliphatic carbocycles. The molecular formula is C25H42N2. The Balaban J connectivity index is 1.43. The molecule has 1 aromatic rings. The summed E-state index contributed by atoms with van der Waals surface area (Å²) in [5.74, 6) is 3.28. The summed E-state index contributed by atoms with van der Waals surface area (Å²) in [7, 11) is 0. The van der Waals surface area contributed by atoms with Crippen LogP contribution in [0, 0.1) is 11.8 Å². The Labute approximate surface area is 167 Å². The molecule has 27 heavy (non-hydrogen) atoms. The predicted octanol–water partition coefficient (Wildman–Crippen LogP) is 7.79. The molecular weight excluding hydrogens is 328 g/mol. The highest BCUT2D eigenvalue weighted by molar-refractivity contribution is 5.15. The van der Waals surface area contributed by atoms with E-state index in [4.69, 9.17) is 10.2 Å². The second-order valence-corrected chi connectivity index (χ2v) is 9.46. The van der Waals surface area contributed by atoms with Crippen molar-refractivity contribution in [3.63, 3.8) is 0 Å². The average molecular weight is 371 g/mol. The van der Waals surface area contributed by atoms with Crippen LogP contribution in [0.4, 0.5) is 0 Å². The van der Waals surface area contributed by atoms with E-state index < -0.39 is 0 Å². The minimum absolute atomic E-state index is 0.665. The van der Waals surface area contributed by atoms with E-state index in [9.17, 15) is 0 Å². The van der Waals surface area contributed by atoms with Crippen LogP contribution >= 0.6 is 0 Å². The molecule has 0 unspecified atom stereocenters. The first-order valence-corrected chi connectivity index (χ1v) is 12.1. The third-order valence-electron chi connectivity index (χ3n) is 7.42. The molecule has 0 saturated heterocycles. The minimum atomic E-state index is 0.665. The Morgan fingerprint density at radius 3 is 1.48 bits per heavy atom. The van der Waals surface area contributed by atoms with Crippen LogP contribution in [0.1, 0.15) is 133 Å². The lowest BCUT2D eigenvalue weighted by molar-refractivity contribution is 0.295. The molecule has 2 heteroatoms. The van der Waals surface area contributed by atoms with Gasteiger partial charge in [0.2, 0.25) is 0 Å². The van der Waals surface area contributed by atoms with Crippen LogP contribution in [0.15, 0.2) is 12.1 Å². The third kappa shape index (κ3) is 6.29. The molecule has 0 radical (unpaired) electrons. The zero-order chi connectivity index (χ0) is 18.9. The van der Waals surface area contributed by atoms with Crippen LogP contribution in [0.5, 0.6) is 0 Å². The van der Waals surface area contributed by atoms with Crippen LogP contribution in [0.3, 0.4) is 0 Å². The van der Waals surface area contributed by atoms with Gasteiger partial charge >= 0.3 is 0 Å². The highest BCUT2D eigenvalue weighted by atomic mass is 15.1. The van der Waals surface area contributed by atoms with E-state index in [1.807, 2.05) is 0 Å². The normalized spacial score (nSPS) is 29.0. The summed E-state index contributed by atoms with van der Waals surface area (Å²) in [5, 5.41) is 9.39. The van der Waals surface area contributed by atoms with E-state index in [2.05, 4.69) is 26.0 Å². The second kappa shape index (κ2) is 11.2. The Hall–Kier alpha value is -0.920. The Morgan fingerprint density at radius 1 is 0.630 bits per heavy atom. The Bertz CT molecular complexity index is 508. The summed E-state index contributed by atoms with van der Waals surface area (Å²) in [6, 6.07) is 4.63. The highest BCUT2D eigenvalue weighted by Gasteiger charge is 2.25. The number of hydrogen-bond acceptors (Lipinski definition) is 2. The van der Waals surface area contributed by atoms with Crippen molar-refractivity contribution in [3.05, 3.63) is 23.5 Å². The average Bonchev–Trinajstić information content (AvgIpc) is 2.73. The zero-order valence-corrected chi connectivity index (χ0v) is 18.0. The first-order valence-electron chi connectivity index (χ1n) is 12.1. The molecule has 0 bridgehead atoms. The first-order chi connectivity index (χ1) is 13.3. The molecule has 2 fully saturated rings. The fourth-order valence-electron chi connectivity index (χ4n) is 5.46. The highest BCUT2D eigenvalue weighted by Crippen LogP contribution is 2.39. The fraction of sp³-hybridized carbons (Fsp3) is 0.840. The minimum Gasteiger partial charge on any atom is -0.155 e. The van der Waals surface area contributed by atoms with E-state index in [0.29, 0.717) is 11.8 Å². The Kier molecular flexibility index (Phi) is 8.61. The molecule has 1 heterocycles. The Morgan fingerprint density at radius 2 is 1.07 bits per heavy atom. The van der Waals surface area contributed by atoms with Crippen LogP contribution in [-0.4, -0.2) is 10.2 Å². The molecule has 0 atom stereocenters. The smallest absolute Gasteiger partial charge is 0.0662 e. The summed E-state index contributed by atoms with van der Waals surface area (Å²) in [6.45, 7) is 4.61. The summed E-state index contributed by atoms with van der Waals surface area (Å²) < 4.78 is 0. The lowest BCUT2D eigenvalue weighted by Gasteiger charge is -2.29. The van der Waals surface area contributed by atoms with Crippen LogP contribution in [-0.2, 0) is 0 Å². The molecule has 0 aromatic carbocycles. The quantitative estimate of drug-likeness (QED) is 0.414. The van der Waals surface area contributed by atoms with E-state index in [-0.39, 0.29) is 0 Å². The predicted molar refractivity (Wildman–Crippen MR) is 115 cm³/mol. The van der Waals surface area contributed by atoms with Crippen molar-refractivity contribution in [3.8, 4) is 0 Å². The van der Waals surface area contributed by atoms with Crippen molar-refractivity contribution in [2.24, 2.45) is 11.8 Å². The molecule has 3 rings (SSSR count). The SMILES string of the molecule is CCCCCC1CCC(c2ccc(C3CCC(CCCC)CC3)nn2)CC1. The molecule has 2 aliphatic rings. The number of rotatable bonds is 9. The molecule has 0 aliphatic heterocycles. The van der Waals surface area contributed by atoms with Gasteiger partial charge in [0, 0.05) is 11.8 Å². The molecule has 0 amide bonds. The second-order valence-electron chi connectivity index (χ2n) is 9.46. The number of hydrogen-bond donors (Lipinski definition) is 0. The van der Waals surface area contributed by atoms with Gasteiger partial charge in [-0.25, -0.2) is 0 Å². The summed E-state index contributed by atoms with van der Waals surface area (Å²) in [6.07, 6.45) is 20.7. The van der Waals surface area contributed by atoms with Crippen LogP contribution in [0.25, 0.3) is 0 Å². The molecule has 0 spiro atoms. The maximum absolute atomic E-state index is 4.70. The number of aromatic nitrogens is 2. The van der Waals surface area contributed by atoms with Gasteiger partial charge in [-0.2, -0.15) is 10.2 Å². The molecule has 0 N–H and O–H groups in total. The molecule has 2 saturated carbocycles. The van der Waals surface area contributed by atoms with E-state index >= 15 is 0 Å².